The Morgan fingerprint density at radius 2 is 1.74 bits per heavy atom. The molecule has 0 fully saturated rings. The molecule has 2 aromatic carbocycles. The second kappa shape index (κ2) is 8.40. The van der Waals surface area contributed by atoms with E-state index in [4.69, 9.17) is 5.26 Å². The number of nitrogens with one attached hydrogen (secondary N) is 2. The van der Waals surface area contributed by atoms with Crippen LogP contribution in [0.4, 0.5) is 0 Å². The highest BCUT2D eigenvalue weighted by Crippen LogP contribution is 2.11. The highest BCUT2D eigenvalue weighted by atomic mass is 16.1. The zero-order chi connectivity index (χ0) is 16.5. The van der Waals surface area contributed by atoms with Gasteiger partial charge in [0.15, 0.2) is 0 Å². The molecule has 0 aliphatic heterocycles. The Bertz CT molecular complexity index is 702. The van der Waals surface area contributed by atoms with Gasteiger partial charge in [-0.05, 0) is 18.1 Å². The summed E-state index contributed by atoms with van der Waals surface area (Å²) in [5, 5.41) is 15.0. The van der Waals surface area contributed by atoms with Gasteiger partial charge in [-0.2, -0.15) is 5.26 Å². The molecular formula is C19H19N3O. The number of amides is 1. The monoisotopic (exact) mass is 305 g/mol. The summed E-state index contributed by atoms with van der Waals surface area (Å²) in [7, 11) is 0. The fourth-order valence-electron chi connectivity index (χ4n) is 2.11. The first-order valence-corrected chi connectivity index (χ1v) is 7.44. The molecule has 0 saturated heterocycles. The van der Waals surface area contributed by atoms with E-state index < -0.39 is 0 Å². The molecule has 1 amide bonds. The number of hydrogen-bond acceptors (Lipinski definition) is 3. The Hall–Kier alpha value is -3.06. The minimum atomic E-state index is -0.385. The molecule has 2 aromatic rings. The summed E-state index contributed by atoms with van der Waals surface area (Å²) >= 11 is 0. The van der Waals surface area contributed by atoms with E-state index in [9.17, 15) is 4.79 Å². The van der Waals surface area contributed by atoms with Crippen molar-refractivity contribution in [3.8, 4) is 6.07 Å². The zero-order valence-electron chi connectivity index (χ0n) is 13.0. The van der Waals surface area contributed by atoms with Gasteiger partial charge in [0.05, 0.1) is 6.04 Å². The summed E-state index contributed by atoms with van der Waals surface area (Å²) in [5.41, 5.74) is 2.14. The lowest BCUT2D eigenvalue weighted by Gasteiger charge is -2.13. The SMILES string of the molecule is CC(NC(=O)/C(C#N)=C\NCc1ccccc1)c1ccccc1. The second-order valence-electron chi connectivity index (χ2n) is 5.14. The Balaban J connectivity index is 1.93. The topological polar surface area (TPSA) is 64.9 Å². The molecule has 0 aliphatic rings. The predicted molar refractivity (Wildman–Crippen MR) is 90.0 cm³/mol. The van der Waals surface area contributed by atoms with Crippen LogP contribution in [-0.4, -0.2) is 5.91 Å². The fourth-order valence-corrected chi connectivity index (χ4v) is 2.11. The van der Waals surface area contributed by atoms with Gasteiger partial charge in [-0.3, -0.25) is 4.79 Å². The Labute approximate surface area is 136 Å². The Morgan fingerprint density at radius 1 is 1.13 bits per heavy atom. The maximum atomic E-state index is 12.2. The van der Waals surface area contributed by atoms with E-state index >= 15 is 0 Å². The van der Waals surface area contributed by atoms with E-state index in [2.05, 4.69) is 10.6 Å². The lowest BCUT2D eigenvalue weighted by atomic mass is 10.1. The van der Waals surface area contributed by atoms with Crippen LogP contribution in [0.25, 0.3) is 0 Å². The molecule has 23 heavy (non-hydrogen) atoms. The van der Waals surface area contributed by atoms with Gasteiger partial charge in [0, 0.05) is 12.7 Å². The van der Waals surface area contributed by atoms with Gasteiger partial charge >= 0.3 is 0 Å². The normalized spacial score (nSPS) is 12.1. The molecule has 0 spiro atoms. The van der Waals surface area contributed by atoms with Crippen molar-refractivity contribution in [3.63, 3.8) is 0 Å². The van der Waals surface area contributed by atoms with Gasteiger partial charge < -0.3 is 10.6 Å². The van der Waals surface area contributed by atoms with Crippen LogP contribution in [0, 0.1) is 11.3 Å². The van der Waals surface area contributed by atoms with E-state index in [1.165, 1.54) is 6.20 Å². The summed E-state index contributed by atoms with van der Waals surface area (Å²) in [5.74, 6) is -0.385. The van der Waals surface area contributed by atoms with Crippen LogP contribution in [0.15, 0.2) is 72.4 Å². The minimum Gasteiger partial charge on any atom is -0.386 e. The van der Waals surface area contributed by atoms with Crippen molar-refractivity contribution in [1.29, 1.82) is 5.26 Å². The van der Waals surface area contributed by atoms with Crippen molar-refractivity contribution in [1.82, 2.24) is 10.6 Å². The van der Waals surface area contributed by atoms with E-state index in [1.807, 2.05) is 73.7 Å². The number of rotatable bonds is 6. The van der Waals surface area contributed by atoms with E-state index in [0.29, 0.717) is 6.54 Å². The van der Waals surface area contributed by atoms with Crippen molar-refractivity contribution in [2.24, 2.45) is 0 Å². The molecule has 0 radical (unpaired) electrons. The van der Waals surface area contributed by atoms with Crippen molar-refractivity contribution >= 4 is 5.91 Å². The summed E-state index contributed by atoms with van der Waals surface area (Å²) in [6.07, 6.45) is 1.46. The number of hydrogen-bond donors (Lipinski definition) is 2. The molecule has 0 aromatic heterocycles. The lowest BCUT2D eigenvalue weighted by molar-refractivity contribution is -0.117. The third-order valence-corrected chi connectivity index (χ3v) is 3.41. The highest BCUT2D eigenvalue weighted by molar-refractivity contribution is 5.97. The summed E-state index contributed by atoms with van der Waals surface area (Å²) < 4.78 is 0. The molecule has 1 atom stereocenters. The van der Waals surface area contributed by atoms with Crippen LogP contribution >= 0.6 is 0 Å². The van der Waals surface area contributed by atoms with Crippen molar-refractivity contribution in [2.75, 3.05) is 0 Å². The van der Waals surface area contributed by atoms with Crippen molar-refractivity contribution in [3.05, 3.63) is 83.6 Å². The number of nitrogens with zero attached hydrogens (tertiary/aromatic N) is 1. The molecule has 4 nitrogen and oxygen atoms in total. The van der Waals surface area contributed by atoms with Gasteiger partial charge in [0.25, 0.3) is 5.91 Å². The van der Waals surface area contributed by atoms with Crippen LogP contribution < -0.4 is 10.6 Å². The smallest absolute Gasteiger partial charge is 0.263 e. The molecular weight excluding hydrogens is 286 g/mol. The van der Waals surface area contributed by atoms with Crippen LogP contribution in [0.3, 0.4) is 0 Å². The highest BCUT2D eigenvalue weighted by Gasteiger charge is 2.13. The van der Waals surface area contributed by atoms with Gasteiger partial charge in [-0.15, -0.1) is 0 Å². The van der Waals surface area contributed by atoms with Gasteiger partial charge in [0.2, 0.25) is 0 Å². The molecule has 0 aliphatic carbocycles. The summed E-state index contributed by atoms with van der Waals surface area (Å²) in [6, 6.07) is 21.2. The maximum Gasteiger partial charge on any atom is 0.263 e. The van der Waals surface area contributed by atoms with Crippen molar-refractivity contribution in [2.45, 2.75) is 19.5 Å². The quantitative estimate of drug-likeness (QED) is 0.637. The molecule has 2 N–H and O–H groups in total. The van der Waals surface area contributed by atoms with E-state index in [1.54, 1.807) is 0 Å². The van der Waals surface area contributed by atoms with Crippen LogP contribution in [-0.2, 0) is 11.3 Å². The minimum absolute atomic E-state index is 0.0590. The first-order chi connectivity index (χ1) is 11.2. The third-order valence-electron chi connectivity index (χ3n) is 3.41. The lowest BCUT2D eigenvalue weighted by Crippen LogP contribution is -2.28. The van der Waals surface area contributed by atoms with E-state index in [0.717, 1.165) is 11.1 Å². The van der Waals surface area contributed by atoms with Crippen molar-refractivity contribution < 1.29 is 4.79 Å². The molecule has 1 unspecified atom stereocenters. The van der Waals surface area contributed by atoms with Crippen LogP contribution in [0.2, 0.25) is 0 Å². The first-order valence-electron chi connectivity index (χ1n) is 7.44. The molecule has 4 heteroatoms. The zero-order valence-corrected chi connectivity index (χ0v) is 13.0. The molecule has 2 rings (SSSR count). The average Bonchev–Trinajstić information content (AvgIpc) is 2.60. The number of benzene rings is 2. The molecule has 0 heterocycles. The summed E-state index contributed by atoms with van der Waals surface area (Å²) in [4.78, 5) is 12.2. The Morgan fingerprint density at radius 3 is 2.35 bits per heavy atom. The Kier molecular flexibility index (Phi) is 5.96. The van der Waals surface area contributed by atoms with E-state index in [-0.39, 0.29) is 17.5 Å². The first kappa shape index (κ1) is 16.3. The molecule has 116 valence electrons. The number of carbonyl (C=O) groups excluding carboxylic acids is 1. The number of nitriles is 1. The maximum absolute atomic E-state index is 12.2. The fraction of sp³-hybridized carbons (Fsp3) is 0.158. The number of carbonyl (C=O) groups is 1. The molecule has 0 saturated carbocycles. The van der Waals surface area contributed by atoms with Gasteiger partial charge in [-0.1, -0.05) is 60.7 Å². The third kappa shape index (κ3) is 5.01. The largest absolute Gasteiger partial charge is 0.386 e. The second-order valence-corrected chi connectivity index (χ2v) is 5.14. The summed E-state index contributed by atoms with van der Waals surface area (Å²) in [6.45, 7) is 2.45. The van der Waals surface area contributed by atoms with Gasteiger partial charge in [0.1, 0.15) is 11.6 Å². The standard InChI is InChI=1S/C19H19N3O/c1-15(17-10-6-3-7-11-17)22-19(23)18(12-20)14-21-13-16-8-4-2-5-9-16/h2-11,14-15,21H,13H2,1H3,(H,22,23)/b18-14-. The van der Waals surface area contributed by atoms with Crippen LogP contribution in [0.5, 0.6) is 0 Å². The van der Waals surface area contributed by atoms with Crippen LogP contribution in [0.1, 0.15) is 24.1 Å². The average molecular weight is 305 g/mol. The predicted octanol–water partition coefficient (Wildman–Crippen LogP) is 3.06. The molecule has 0 bridgehead atoms. The van der Waals surface area contributed by atoms with Gasteiger partial charge in [-0.25, -0.2) is 0 Å².